The van der Waals surface area contributed by atoms with Crippen molar-refractivity contribution in [2.45, 2.75) is 0 Å². The molecular weight excluding hydrogens is 703 g/mol. The molecule has 11 aromatic rings. The van der Waals surface area contributed by atoms with Gasteiger partial charge in [-0.05, 0) is 78.8 Å². The molecule has 0 aliphatic heterocycles. The van der Waals surface area contributed by atoms with Crippen molar-refractivity contribution < 1.29 is 0 Å². The number of rotatable bonds is 6. The lowest BCUT2D eigenvalue weighted by molar-refractivity contribution is 1.19. The van der Waals surface area contributed by atoms with Crippen molar-refractivity contribution in [1.29, 1.82) is 0 Å². The number of aromatic nitrogens is 3. The highest BCUT2D eigenvalue weighted by Crippen LogP contribution is 2.38. The molecule has 11 rings (SSSR count). The standard InChI is InChI=1S/C55H35N3/c1-2-13-39(14-3-1)49-34-51(56-50-32-31-40-17-6-9-24-46(40)54(49)50)43-21-10-20-42(33-43)36-27-29-41(30-28-36)52-35-53(47-25-11-18-37-15-4-7-22-44(37)47)58-55(57-52)48-26-12-19-38-16-5-8-23-45(38)48/h1-35H. The molecule has 0 spiro atoms. The highest BCUT2D eigenvalue weighted by molar-refractivity contribution is 6.14. The Kier molecular flexibility index (Phi) is 8.15. The van der Waals surface area contributed by atoms with Crippen LogP contribution in [0.1, 0.15) is 0 Å². The molecule has 0 amide bonds. The van der Waals surface area contributed by atoms with Gasteiger partial charge in [0.2, 0.25) is 0 Å². The first-order valence-corrected chi connectivity index (χ1v) is 19.7. The van der Waals surface area contributed by atoms with Crippen molar-refractivity contribution in [3.8, 4) is 67.4 Å². The summed E-state index contributed by atoms with van der Waals surface area (Å²) in [5.74, 6) is 0.708. The summed E-state index contributed by atoms with van der Waals surface area (Å²) in [6.45, 7) is 0. The Balaban J connectivity index is 1.01. The predicted octanol–water partition coefficient (Wildman–Crippen LogP) is 14.5. The molecule has 0 aliphatic carbocycles. The third-order valence-corrected chi connectivity index (χ3v) is 11.3. The molecule has 0 fully saturated rings. The van der Waals surface area contributed by atoms with Crippen molar-refractivity contribution >= 4 is 43.2 Å². The Morgan fingerprint density at radius 2 is 0.793 bits per heavy atom. The van der Waals surface area contributed by atoms with E-state index in [1.807, 2.05) is 0 Å². The van der Waals surface area contributed by atoms with E-state index in [0.717, 1.165) is 66.8 Å². The quantitative estimate of drug-likeness (QED) is 0.160. The van der Waals surface area contributed by atoms with Gasteiger partial charge in [-0.3, -0.25) is 0 Å². The van der Waals surface area contributed by atoms with Crippen LogP contribution < -0.4 is 0 Å². The summed E-state index contributed by atoms with van der Waals surface area (Å²) in [6.07, 6.45) is 0. The second-order valence-corrected chi connectivity index (χ2v) is 14.8. The molecule has 0 N–H and O–H groups in total. The Labute approximate surface area is 336 Å². The average molecular weight is 738 g/mol. The highest BCUT2D eigenvalue weighted by Gasteiger charge is 2.16. The first kappa shape index (κ1) is 33.6. The number of nitrogens with zero attached hydrogens (tertiary/aromatic N) is 3. The van der Waals surface area contributed by atoms with Crippen molar-refractivity contribution in [1.82, 2.24) is 15.0 Å². The van der Waals surface area contributed by atoms with Crippen molar-refractivity contribution in [2.75, 3.05) is 0 Å². The zero-order valence-electron chi connectivity index (χ0n) is 31.5. The molecular formula is C55H35N3. The summed E-state index contributed by atoms with van der Waals surface area (Å²) in [5.41, 5.74) is 12.5. The number of fused-ring (bicyclic) bond motifs is 5. The van der Waals surface area contributed by atoms with E-state index >= 15 is 0 Å². The smallest absolute Gasteiger partial charge is 0.161 e. The zero-order valence-corrected chi connectivity index (χ0v) is 31.5. The Bertz CT molecular complexity index is 3220. The maximum atomic E-state index is 5.26. The summed E-state index contributed by atoms with van der Waals surface area (Å²) in [5, 5.41) is 8.24. The summed E-state index contributed by atoms with van der Waals surface area (Å²) in [6, 6.07) is 75.1. The fourth-order valence-corrected chi connectivity index (χ4v) is 8.41. The van der Waals surface area contributed by atoms with Gasteiger partial charge >= 0.3 is 0 Å². The van der Waals surface area contributed by atoms with Crippen LogP contribution in [-0.4, -0.2) is 15.0 Å². The monoisotopic (exact) mass is 737 g/mol. The van der Waals surface area contributed by atoms with E-state index in [2.05, 4.69) is 212 Å². The van der Waals surface area contributed by atoms with Crippen LogP contribution in [0.5, 0.6) is 0 Å². The lowest BCUT2D eigenvalue weighted by Crippen LogP contribution is -1.97. The fourth-order valence-electron chi connectivity index (χ4n) is 8.41. The molecule has 3 heteroatoms. The Hall–Kier alpha value is -7.75. The van der Waals surface area contributed by atoms with Gasteiger partial charge in [-0.2, -0.15) is 0 Å². The molecule has 0 radical (unpaired) electrons. The first-order chi connectivity index (χ1) is 28.7. The molecule has 58 heavy (non-hydrogen) atoms. The third-order valence-electron chi connectivity index (χ3n) is 11.3. The van der Waals surface area contributed by atoms with Gasteiger partial charge in [-0.25, -0.2) is 15.0 Å². The summed E-state index contributed by atoms with van der Waals surface area (Å²) >= 11 is 0. The zero-order chi connectivity index (χ0) is 38.4. The van der Waals surface area contributed by atoms with Gasteiger partial charge in [0.15, 0.2) is 5.82 Å². The van der Waals surface area contributed by atoms with Gasteiger partial charge < -0.3 is 0 Å². The van der Waals surface area contributed by atoms with Crippen molar-refractivity contribution in [3.05, 3.63) is 212 Å². The molecule has 2 aromatic heterocycles. The molecule has 0 saturated heterocycles. The lowest BCUT2D eigenvalue weighted by atomic mass is 9.94. The van der Waals surface area contributed by atoms with E-state index < -0.39 is 0 Å². The Morgan fingerprint density at radius 1 is 0.259 bits per heavy atom. The molecule has 9 aromatic carbocycles. The second kappa shape index (κ2) is 14.1. The van der Waals surface area contributed by atoms with E-state index in [4.69, 9.17) is 15.0 Å². The molecule has 0 unspecified atom stereocenters. The number of pyridine rings is 1. The Morgan fingerprint density at radius 3 is 1.55 bits per heavy atom. The number of hydrogen-bond donors (Lipinski definition) is 0. The summed E-state index contributed by atoms with van der Waals surface area (Å²) < 4.78 is 0. The van der Waals surface area contributed by atoms with E-state index in [1.54, 1.807) is 0 Å². The SMILES string of the molecule is c1ccc(-c2cc(-c3cccc(-c4ccc(-c5cc(-c6cccc7ccccc67)nc(-c6cccc7ccccc67)n5)cc4)c3)nc3ccc4ccccc4c23)cc1. The van der Waals surface area contributed by atoms with Crippen LogP contribution in [0.2, 0.25) is 0 Å². The third kappa shape index (κ3) is 5.98. The second-order valence-electron chi connectivity index (χ2n) is 14.8. The molecule has 3 nitrogen and oxygen atoms in total. The molecule has 0 saturated carbocycles. The molecule has 2 heterocycles. The van der Waals surface area contributed by atoms with Crippen LogP contribution in [0.25, 0.3) is 111 Å². The van der Waals surface area contributed by atoms with Gasteiger partial charge in [0, 0.05) is 27.6 Å². The first-order valence-electron chi connectivity index (χ1n) is 19.7. The van der Waals surface area contributed by atoms with Gasteiger partial charge in [0.1, 0.15) is 0 Å². The number of benzene rings is 9. The van der Waals surface area contributed by atoms with Crippen molar-refractivity contribution in [3.63, 3.8) is 0 Å². The van der Waals surface area contributed by atoms with Crippen molar-refractivity contribution in [2.24, 2.45) is 0 Å². The van der Waals surface area contributed by atoms with Crippen LogP contribution in [0.3, 0.4) is 0 Å². The van der Waals surface area contributed by atoms with Crippen LogP contribution in [-0.2, 0) is 0 Å². The van der Waals surface area contributed by atoms with Crippen LogP contribution >= 0.6 is 0 Å². The minimum absolute atomic E-state index is 0.708. The molecule has 0 bridgehead atoms. The summed E-state index contributed by atoms with van der Waals surface area (Å²) in [4.78, 5) is 15.7. The normalized spacial score (nSPS) is 11.4. The van der Waals surface area contributed by atoms with Gasteiger partial charge in [0.05, 0.1) is 22.6 Å². The minimum atomic E-state index is 0.708. The summed E-state index contributed by atoms with van der Waals surface area (Å²) in [7, 11) is 0. The minimum Gasteiger partial charge on any atom is -0.248 e. The molecule has 270 valence electrons. The van der Waals surface area contributed by atoms with E-state index in [-0.39, 0.29) is 0 Å². The molecule has 0 aliphatic rings. The van der Waals surface area contributed by atoms with E-state index in [1.165, 1.54) is 38.1 Å². The van der Waals surface area contributed by atoms with E-state index in [9.17, 15) is 0 Å². The van der Waals surface area contributed by atoms with E-state index in [0.29, 0.717) is 5.82 Å². The van der Waals surface area contributed by atoms with Crippen LogP contribution in [0.15, 0.2) is 212 Å². The number of hydrogen-bond acceptors (Lipinski definition) is 3. The topological polar surface area (TPSA) is 38.7 Å². The highest BCUT2D eigenvalue weighted by atomic mass is 14.9. The van der Waals surface area contributed by atoms with Gasteiger partial charge in [-0.1, -0.05) is 188 Å². The fraction of sp³-hybridized carbons (Fsp3) is 0. The maximum absolute atomic E-state index is 5.26. The van der Waals surface area contributed by atoms with Crippen LogP contribution in [0, 0.1) is 0 Å². The van der Waals surface area contributed by atoms with Gasteiger partial charge in [0.25, 0.3) is 0 Å². The van der Waals surface area contributed by atoms with Gasteiger partial charge in [-0.15, -0.1) is 0 Å². The predicted molar refractivity (Wildman–Crippen MR) is 242 cm³/mol. The molecule has 0 atom stereocenters. The maximum Gasteiger partial charge on any atom is 0.161 e. The largest absolute Gasteiger partial charge is 0.248 e. The average Bonchev–Trinajstić information content (AvgIpc) is 3.31. The lowest BCUT2D eigenvalue weighted by Gasteiger charge is -2.14. The van der Waals surface area contributed by atoms with Crippen LogP contribution in [0.4, 0.5) is 0 Å².